The number of fused-ring (bicyclic) bond motifs is 3. The molecule has 9 nitrogen and oxygen atoms in total. The molecule has 2 N–H and O–H groups in total. The molecule has 0 radical (unpaired) electrons. The third-order valence-electron chi connectivity index (χ3n) is 6.33. The van der Waals surface area contributed by atoms with E-state index in [9.17, 15) is 9.59 Å². The van der Waals surface area contributed by atoms with Gasteiger partial charge in [0.25, 0.3) is 0 Å². The Kier molecular flexibility index (Phi) is 11.8. The van der Waals surface area contributed by atoms with Gasteiger partial charge in [-0.05, 0) is 27.8 Å². The maximum absolute atomic E-state index is 12.2. The number of nitrogens with one attached hydrogen (secondary N) is 2. The van der Waals surface area contributed by atoms with Crippen molar-refractivity contribution in [2.45, 2.75) is 12.5 Å². The lowest BCUT2D eigenvalue weighted by atomic mass is 9.98. The third kappa shape index (κ3) is 9.08. The number of amides is 2. The van der Waals surface area contributed by atoms with E-state index in [-0.39, 0.29) is 19.1 Å². The van der Waals surface area contributed by atoms with Crippen molar-refractivity contribution in [1.82, 2.24) is 10.6 Å². The van der Waals surface area contributed by atoms with Gasteiger partial charge >= 0.3 is 12.2 Å². The van der Waals surface area contributed by atoms with Crippen LogP contribution in [0.5, 0.6) is 0 Å². The average Bonchev–Trinajstić information content (AvgIpc) is 3.31. The molecule has 0 heterocycles. The lowest BCUT2D eigenvalue weighted by molar-refractivity contribution is 0.0155. The molecule has 0 fully saturated rings. The fourth-order valence-electron chi connectivity index (χ4n) is 4.42. The van der Waals surface area contributed by atoms with Gasteiger partial charge in [-0.15, -0.1) is 0 Å². The first-order valence-corrected chi connectivity index (χ1v) is 13.5. The summed E-state index contributed by atoms with van der Waals surface area (Å²) < 4.78 is 27.0. The zero-order valence-electron chi connectivity index (χ0n) is 22.5. The molecular formula is C31H36N2O7. The molecule has 0 saturated carbocycles. The second-order valence-corrected chi connectivity index (χ2v) is 9.08. The second-order valence-electron chi connectivity index (χ2n) is 9.08. The van der Waals surface area contributed by atoms with Crippen molar-refractivity contribution in [3.05, 3.63) is 95.6 Å². The largest absolute Gasteiger partial charge is 0.449 e. The van der Waals surface area contributed by atoms with E-state index in [0.717, 1.165) is 5.56 Å². The minimum Gasteiger partial charge on any atom is -0.449 e. The fraction of sp³-hybridized carbons (Fsp3) is 0.355. The highest BCUT2D eigenvalue weighted by Gasteiger charge is 2.28. The first kappa shape index (κ1) is 29.1. The molecule has 0 saturated heterocycles. The van der Waals surface area contributed by atoms with E-state index in [4.69, 9.17) is 23.7 Å². The van der Waals surface area contributed by atoms with Crippen molar-refractivity contribution in [3.63, 3.8) is 0 Å². The SMILES string of the molecule is O=C(NCCOCCOCCOCCNC(=O)OCC1c2ccccc2-c2ccccc21)OCc1ccccc1. The lowest BCUT2D eigenvalue weighted by Crippen LogP contribution is -2.29. The van der Waals surface area contributed by atoms with Gasteiger partial charge in [0.15, 0.2) is 0 Å². The predicted octanol–water partition coefficient (Wildman–Crippen LogP) is 4.50. The summed E-state index contributed by atoms with van der Waals surface area (Å²) in [6.07, 6.45) is -0.938. The number of benzene rings is 3. The molecule has 0 aromatic heterocycles. The van der Waals surface area contributed by atoms with Gasteiger partial charge in [0.2, 0.25) is 0 Å². The van der Waals surface area contributed by atoms with Crippen LogP contribution in [-0.2, 0) is 30.3 Å². The third-order valence-corrected chi connectivity index (χ3v) is 6.33. The number of alkyl carbamates (subject to hydrolysis) is 2. The van der Waals surface area contributed by atoms with Crippen LogP contribution in [0, 0.1) is 0 Å². The number of hydrogen-bond acceptors (Lipinski definition) is 7. The van der Waals surface area contributed by atoms with Crippen LogP contribution in [0.4, 0.5) is 9.59 Å². The van der Waals surface area contributed by atoms with Gasteiger partial charge in [-0.25, -0.2) is 9.59 Å². The van der Waals surface area contributed by atoms with Gasteiger partial charge in [0.05, 0.1) is 39.6 Å². The fourth-order valence-corrected chi connectivity index (χ4v) is 4.42. The first-order valence-electron chi connectivity index (χ1n) is 13.5. The van der Waals surface area contributed by atoms with Crippen LogP contribution in [-0.4, -0.2) is 71.5 Å². The first-order chi connectivity index (χ1) is 19.7. The highest BCUT2D eigenvalue weighted by molar-refractivity contribution is 5.79. The lowest BCUT2D eigenvalue weighted by Gasteiger charge is -2.14. The van der Waals surface area contributed by atoms with Crippen molar-refractivity contribution in [2.24, 2.45) is 0 Å². The number of carbonyl (C=O) groups is 2. The molecule has 0 aliphatic heterocycles. The highest BCUT2D eigenvalue weighted by atomic mass is 16.6. The van der Waals surface area contributed by atoms with Crippen LogP contribution in [0.1, 0.15) is 22.6 Å². The smallest absolute Gasteiger partial charge is 0.407 e. The van der Waals surface area contributed by atoms with Crippen molar-refractivity contribution in [2.75, 3.05) is 59.3 Å². The van der Waals surface area contributed by atoms with E-state index >= 15 is 0 Å². The molecule has 9 heteroatoms. The van der Waals surface area contributed by atoms with Crippen LogP contribution in [0.25, 0.3) is 11.1 Å². The Balaban J connectivity index is 0.945. The number of hydrogen-bond donors (Lipinski definition) is 2. The van der Waals surface area contributed by atoms with E-state index in [0.29, 0.717) is 52.7 Å². The Hall–Kier alpha value is -3.92. The van der Waals surface area contributed by atoms with E-state index in [1.54, 1.807) is 0 Å². The van der Waals surface area contributed by atoms with Crippen LogP contribution >= 0.6 is 0 Å². The van der Waals surface area contributed by atoms with Crippen molar-refractivity contribution < 1.29 is 33.3 Å². The maximum Gasteiger partial charge on any atom is 0.407 e. The van der Waals surface area contributed by atoms with Crippen molar-refractivity contribution in [3.8, 4) is 11.1 Å². The molecule has 40 heavy (non-hydrogen) atoms. The molecule has 1 aliphatic carbocycles. The van der Waals surface area contributed by atoms with Crippen molar-refractivity contribution >= 4 is 12.2 Å². The zero-order chi connectivity index (χ0) is 27.8. The molecule has 3 aromatic carbocycles. The number of carbonyl (C=O) groups excluding carboxylic acids is 2. The van der Waals surface area contributed by atoms with E-state index in [1.807, 2.05) is 54.6 Å². The summed E-state index contributed by atoms with van der Waals surface area (Å²) in [6.45, 7) is 3.58. The molecule has 212 valence electrons. The maximum atomic E-state index is 12.2. The average molecular weight is 549 g/mol. The van der Waals surface area contributed by atoms with Gasteiger partial charge in [0, 0.05) is 19.0 Å². The molecular weight excluding hydrogens is 512 g/mol. The van der Waals surface area contributed by atoms with E-state index in [2.05, 4.69) is 34.9 Å². The van der Waals surface area contributed by atoms with E-state index in [1.165, 1.54) is 22.3 Å². The normalized spacial score (nSPS) is 11.9. The second kappa shape index (κ2) is 16.2. The molecule has 1 aliphatic rings. The van der Waals surface area contributed by atoms with Crippen LogP contribution in [0.15, 0.2) is 78.9 Å². The van der Waals surface area contributed by atoms with Crippen molar-refractivity contribution in [1.29, 1.82) is 0 Å². The summed E-state index contributed by atoms with van der Waals surface area (Å²) in [6, 6.07) is 26.0. The predicted molar refractivity (Wildman–Crippen MR) is 150 cm³/mol. The molecule has 0 spiro atoms. The van der Waals surface area contributed by atoms with Gasteiger partial charge in [-0.2, -0.15) is 0 Å². The van der Waals surface area contributed by atoms with E-state index < -0.39 is 12.2 Å². The minimum absolute atomic E-state index is 0.0354. The highest BCUT2D eigenvalue weighted by Crippen LogP contribution is 2.44. The van der Waals surface area contributed by atoms with Crippen LogP contribution in [0.3, 0.4) is 0 Å². The Morgan fingerprint density at radius 3 is 1.62 bits per heavy atom. The summed E-state index contributed by atoms with van der Waals surface area (Å²) in [5, 5.41) is 5.36. The number of ether oxygens (including phenoxy) is 5. The molecule has 2 amide bonds. The van der Waals surface area contributed by atoms with Gasteiger partial charge in [-0.3, -0.25) is 0 Å². The van der Waals surface area contributed by atoms with Crippen LogP contribution < -0.4 is 10.6 Å². The molecule has 0 bridgehead atoms. The Morgan fingerprint density at radius 1 is 0.575 bits per heavy atom. The standard InChI is InChI=1S/C31H36N2O7/c34-30(39-22-24-8-2-1-3-9-24)32-14-16-36-18-20-38-21-19-37-17-15-33-31(35)40-23-29-27-12-6-4-10-25(27)26-11-5-7-13-28(26)29/h1-13,29H,14-23H2,(H,32,34)(H,33,35). The Bertz CT molecular complexity index is 1160. The summed E-state index contributed by atoms with van der Waals surface area (Å²) in [5.74, 6) is 0.0354. The summed E-state index contributed by atoms with van der Waals surface area (Å²) in [7, 11) is 0. The molecule has 0 atom stereocenters. The minimum atomic E-state index is -0.478. The molecule has 0 unspecified atom stereocenters. The molecule has 3 aromatic rings. The monoisotopic (exact) mass is 548 g/mol. The Labute approximate surface area is 234 Å². The molecule has 4 rings (SSSR count). The van der Waals surface area contributed by atoms with Crippen LogP contribution in [0.2, 0.25) is 0 Å². The summed E-state index contributed by atoms with van der Waals surface area (Å²) in [5.41, 5.74) is 5.69. The summed E-state index contributed by atoms with van der Waals surface area (Å²) in [4.78, 5) is 23.8. The zero-order valence-corrected chi connectivity index (χ0v) is 22.5. The van der Waals surface area contributed by atoms with Gasteiger partial charge in [-0.1, -0.05) is 78.9 Å². The van der Waals surface area contributed by atoms with Gasteiger partial charge in [0.1, 0.15) is 13.2 Å². The summed E-state index contributed by atoms with van der Waals surface area (Å²) >= 11 is 0. The van der Waals surface area contributed by atoms with Gasteiger partial charge < -0.3 is 34.3 Å². The topological polar surface area (TPSA) is 104 Å². The Morgan fingerprint density at radius 2 is 1.05 bits per heavy atom. The quantitative estimate of drug-likeness (QED) is 0.254. The number of rotatable bonds is 16.